The Kier molecular flexibility index (Phi) is 3.37. The highest BCUT2D eigenvalue weighted by Gasteiger charge is 2.17. The monoisotopic (exact) mass is 232 g/mol. The highest BCUT2D eigenvalue weighted by atomic mass is 16.2. The molecule has 0 aliphatic carbocycles. The zero-order chi connectivity index (χ0) is 12.3. The van der Waals surface area contributed by atoms with E-state index in [2.05, 4.69) is 22.1 Å². The van der Waals surface area contributed by atoms with Crippen LogP contribution in [0.15, 0.2) is 18.5 Å². The van der Waals surface area contributed by atoms with Gasteiger partial charge in [-0.3, -0.25) is 14.9 Å². The molecule has 0 aromatic carbocycles. The predicted molar refractivity (Wildman–Crippen MR) is 65.8 cm³/mol. The van der Waals surface area contributed by atoms with E-state index in [9.17, 15) is 4.79 Å². The second-order valence-corrected chi connectivity index (χ2v) is 4.07. The maximum atomic E-state index is 12.1. The minimum atomic E-state index is -0.0577. The Balaban J connectivity index is 2.24. The highest BCUT2D eigenvalue weighted by molar-refractivity contribution is 6.04. The zero-order valence-electron chi connectivity index (χ0n) is 10.1. The van der Waals surface area contributed by atoms with Gasteiger partial charge in [-0.1, -0.05) is 13.3 Å². The fourth-order valence-corrected chi connectivity index (χ4v) is 1.70. The molecular formula is C12H16N4O. The Morgan fingerprint density at radius 2 is 2.35 bits per heavy atom. The van der Waals surface area contributed by atoms with Gasteiger partial charge in [-0.05, 0) is 12.5 Å². The molecule has 0 spiro atoms. The minimum Gasteiger partial charge on any atom is -0.340 e. The molecule has 2 rings (SSSR count). The smallest absolute Gasteiger partial charge is 0.274 e. The fourth-order valence-electron chi connectivity index (χ4n) is 1.70. The van der Waals surface area contributed by atoms with Crippen molar-refractivity contribution in [1.82, 2.24) is 20.1 Å². The molecule has 0 aliphatic heterocycles. The number of hydrogen-bond acceptors (Lipinski definition) is 3. The van der Waals surface area contributed by atoms with Crippen LogP contribution in [0.5, 0.6) is 0 Å². The van der Waals surface area contributed by atoms with Crippen LogP contribution in [0.2, 0.25) is 0 Å². The molecule has 0 atom stereocenters. The second-order valence-electron chi connectivity index (χ2n) is 4.07. The van der Waals surface area contributed by atoms with Gasteiger partial charge in [-0.15, -0.1) is 0 Å². The van der Waals surface area contributed by atoms with E-state index in [0.717, 1.165) is 30.3 Å². The molecule has 1 amide bonds. The Morgan fingerprint density at radius 3 is 3.12 bits per heavy atom. The summed E-state index contributed by atoms with van der Waals surface area (Å²) >= 11 is 0. The topological polar surface area (TPSA) is 61.9 Å². The van der Waals surface area contributed by atoms with Crippen LogP contribution in [-0.4, -0.2) is 39.6 Å². The van der Waals surface area contributed by atoms with Crippen molar-refractivity contribution in [2.75, 3.05) is 13.6 Å². The summed E-state index contributed by atoms with van der Waals surface area (Å²) in [5.74, 6) is -0.0577. The standard InChI is InChI=1S/C12H16N4O/c1-3-4-7-16(2)12(17)11-9-8-13-6-5-10(9)14-15-11/h5-6,8H,3-4,7H2,1-2H3,(H,14,15). The SMILES string of the molecule is CCCCN(C)C(=O)c1n[nH]c2ccncc12. The predicted octanol–water partition coefficient (Wildman–Crippen LogP) is 1.83. The Morgan fingerprint density at radius 1 is 1.53 bits per heavy atom. The number of aromatic nitrogens is 3. The lowest BCUT2D eigenvalue weighted by molar-refractivity contribution is 0.0789. The first-order valence-electron chi connectivity index (χ1n) is 5.77. The number of fused-ring (bicyclic) bond motifs is 1. The van der Waals surface area contributed by atoms with Crippen molar-refractivity contribution in [2.24, 2.45) is 0 Å². The van der Waals surface area contributed by atoms with Crippen molar-refractivity contribution >= 4 is 16.8 Å². The molecule has 0 saturated heterocycles. The van der Waals surface area contributed by atoms with Gasteiger partial charge in [0.05, 0.1) is 10.9 Å². The van der Waals surface area contributed by atoms with Crippen LogP contribution in [0.25, 0.3) is 10.9 Å². The van der Waals surface area contributed by atoms with E-state index in [0.29, 0.717) is 5.69 Å². The molecule has 0 bridgehead atoms. The number of nitrogens with one attached hydrogen (secondary N) is 1. The molecule has 1 N–H and O–H groups in total. The van der Waals surface area contributed by atoms with Crippen LogP contribution in [0.1, 0.15) is 30.3 Å². The summed E-state index contributed by atoms with van der Waals surface area (Å²) in [6.07, 6.45) is 5.42. The van der Waals surface area contributed by atoms with Gasteiger partial charge in [0, 0.05) is 26.0 Å². The second kappa shape index (κ2) is 4.95. The zero-order valence-corrected chi connectivity index (χ0v) is 10.1. The van der Waals surface area contributed by atoms with Crippen LogP contribution in [0, 0.1) is 0 Å². The quantitative estimate of drug-likeness (QED) is 0.874. The first-order chi connectivity index (χ1) is 8.24. The Bertz CT molecular complexity index is 520. The first-order valence-corrected chi connectivity index (χ1v) is 5.77. The molecule has 2 aromatic rings. The summed E-state index contributed by atoms with van der Waals surface area (Å²) < 4.78 is 0. The van der Waals surface area contributed by atoms with E-state index < -0.39 is 0 Å². The largest absolute Gasteiger partial charge is 0.340 e. The maximum Gasteiger partial charge on any atom is 0.274 e. The Labute approximate surface area is 99.8 Å². The number of hydrogen-bond donors (Lipinski definition) is 1. The summed E-state index contributed by atoms with van der Waals surface area (Å²) in [6, 6.07) is 1.81. The van der Waals surface area contributed by atoms with Gasteiger partial charge in [0.25, 0.3) is 5.91 Å². The van der Waals surface area contributed by atoms with Gasteiger partial charge in [0.15, 0.2) is 5.69 Å². The third kappa shape index (κ3) is 2.27. The molecule has 17 heavy (non-hydrogen) atoms. The van der Waals surface area contributed by atoms with Crippen LogP contribution in [0.4, 0.5) is 0 Å². The van der Waals surface area contributed by atoms with Crippen molar-refractivity contribution < 1.29 is 4.79 Å². The van der Waals surface area contributed by atoms with Crippen molar-refractivity contribution in [2.45, 2.75) is 19.8 Å². The van der Waals surface area contributed by atoms with E-state index in [1.807, 2.05) is 6.07 Å². The van der Waals surface area contributed by atoms with Gasteiger partial charge in [-0.2, -0.15) is 5.10 Å². The van der Waals surface area contributed by atoms with Gasteiger partial charge in [0.2, 0.25) is 0 Å². The number of unbranched alkanes of at least 4 members (excludes halogenated alkanes) is 1. The lowest BCUT2D eigenvalue weighted by Gasteiger charge is -2.15. The average molecular weight is 232 g/mol. The maximum absolute atomic E-state index is 12.1. The van der Waals surface area contributed by atoms with Crippen LogP contribution >= 0.6 is 0 Å². The van der Waals surface area contributed by atoms with Crippen LogP contribution in [-0.2, 0) is 0 Å². The lowest BCUT2D eigenvalue weighted by Crippen LogP contribution is -2.28. The molecule has 5 nitrogen and oxygen atoms in total. The van der Waals surface area contributed by atoms with Crippen LogP contribution in [0.3, 0.4) is 0 Å². The third-order valence-corrected chi connectivity index (χ3v) is 2.76. The summed E-state index contributed by atoms with van der Waals surface area (Å²) in [7, 11) is 1.80. The normalized spacial score (nSPS) is 10.7. The number of carbonyl (C=O) groups excluding carboxylic acids is 1. The van der Waals surface area contributed by atoms with Gasteiger partial charge < -0.3 is 4.90 Å². The molecule has 90 valence electrons. The number of amides is 1. The number of pyridine rings is 1. The van der Waals surface area contributed by atoms with Crippen molar-refractivity contribution in [3.63, 3.8) is 0 Å². The molecule has 2 aromatic heterocycles. The fraction of sp³-hybridized carbons (Fsp3) is 0.417. The van der Waals surface area contributed by atoms with Crippen molar-refractivity contribution in [3.05, 3.63) is 24.2 Å². The van der Waals surface area contributed by atoms with E-state index in [1.165, 1.54) is 0 Å². The lowest BCUT2D eigenvalue weighted by atomic mass is 10.2. The molecule has 2 heterocycles. The number of H-pyrrole nitrogens is 1. The average Bonchev–Trinajstić information content (AvgIpc) is 2.78. The van der Waals surface area contributed by atoms with Gasteiger partial charge in [0.1, 0.15) is 0 Å². The molecule has 0 radical (unpaired) electrons. The molecule has 0 aliphatic rings. The third-order valence-electron chi connectivity index (χ3n) is 2.76. The first kappa shape index (κ1) is 11.6. The number of aromatic amines is 1. The summed E-state index contributed by atoms with van der Waals surface area (Å²) in [4.78, 5) is 17.9. The number of carbonyl (C=O) groups is 1. The molecular weight excluding hydrogens is 216 g/mol. The molecule has 0 saturated carbocycles. The van der Waals surface area contributed by atoms with Crippen molar-refractivity contribution in [3.8, 4) is 0 Å². The highest BCUT2D eigenvalue weighted by Crippen LogP contribution is 2.15. The molecule has 5 heteroatoms. The number of rotatable bonds is 4. The summed E-state index contributed by atoms with van der Waals surface area (Å²) in [5, 5.41) is 7.69. The summed E-state index contributed by atoms with van der Waals surface area (Å²) in [5.41, 5.74) is 1.29. The summed E-state index contributed by atoms with van der Waals surface area (Å²) in [6.45, 7) is 2.86. The number of nitrogens with zero attached hydrogens (tertiary/aromatic N) is 3. The van der Waals surface area contributed by atoms with E-state index >= 15 is 0 Å². The van der Waals surface area contributed by atoms with E-state index in [1.54, 1.807) is 24.3 Å². The molecule has 0 unspecified atom stereocenters. The van der Waals surface area contributed by atoms with Gasteiger partial charge in [-0.25, -0.2) is 0 Å². The van der Waals surface area contributed by atoms with E-state index in [4.69, 9.17) is 0 Å². The van der Waals surface area contributed by atoms with E-state index in [-0.39, 0.29) is 5.91 Å². The minimum absolute atomic E-state index is 0.0577. The Hall–Kier alpha value is -1.91. The van der Waals surface area contributed by atoms with Crippen molar-refractivity contribution in [1.29, 1.82) is 0 Å². The van der Waals surface area contributed by atoms with Gasteiger partial charge >= 0.3 is 0 Å². The molecule has 0 fully saturated rings. The van der Waals surface area contributed by atoms with Crippen LogP contribution < -0.4 is 0 Å².